The van der Waals surface area contributed by atoms with Crippen LogP contribution in [-0.2, 0) is 4.57 Å². The lowest BCUT2D eigenvalue weighted by molar-refractivity contribution is -0.398. The van der Waals surface area contributed by atoms with Crippen molar-refractivity contribution in [1.29, 1.82) is 0 Å². The van der Waals surface area contributed by atoms with Crippen molar-refractivity contribution in [3.05, 3.63) is 96.1 Å². The van der Waals surface area contributed by atoms with Crippen molar-refractivity contribution in [3.8, 4) is 11.5 Å². The molecule has 3 aromatic carbocycles. The van der Waals surface area contributed by atoms with Gasteiger partial charge in [-0.3, -0.25) is 0 Å². The molecule has 0 aliphatic heterocycles. The van der Waals surface area contributed by atoms with Gasteiger partial charge in [-0.2, -0.15) is 0 Å². The van der Waals surface area contributed by atoms with E-state index in [9.17, 15) is 4.57 Å². The van der Waals surface area contributed by atoms with Gasteiger partial charge in [-0.1, -0.05) is 66.2 Å². The summed E-state index contributed by atoms with van der Waals surface area (Å²) in [6.45, 7) is 2.00. The Morgan fingerprint density at radius 2 is 1.20 bits per heavy atom. The first-order valence-electron chi connectivity index (χ1n) is 8.05. The number of benzene rings is 3. The fourth-order valence-electron chi connectivity index (χ4n) is 2.37. The van der Waals surface area contributed by atoms with Crippen molar-refractivity contribution >= 4 is 7.60 Å². The van der Waals surface area contributed by atoms with Gasteiger partial charge in [-0.25, -0.2) is 4.57 Å². The lowest BCUT2D eigenvalue weighted by atomic mass is 10.1. The Kier molecular flexibility index (Phi) is 5.22. The monoisotopic (exact) mass is 354 g/mol. The molecule has 25 heavy (non-hydrogen) atoms. The Hall–Kier alpha value is -2.55. The maximum atomic E-state index is 13.6. The number of para-hydroxylation sites is 2. The Labute approximate surface area is 147 Å². The minimum absolute atomic E-state index is 0.488. The van der Waals surface area contributed by atoms with Crippen molar-refractivity contribution < 1.29 is 19.3 Å². The SMILES string of the molecule is Cc1ccc([C@@H]([NH3+])P(=O)(Oc2ccccc2)Oc2ccccc2)cc1. The summed E-state index contributed by atoms with van der Waals surface area (Å²) >= 11 is 0. The van der Waals surface area contributed by atoms with Crippen LogP contribution in [0.5, 0.6) is 11.5 Å². The summed E-state index contributed by atoms with van der Waals surface area (Å²) in [6, 6.07) is 25.8. The minimum Gasteiger partial charge on any atom is -0.412 e. The third kappa shape index (κ3) is 4.30. The van der Waals surface area contributed by atoms with E-state index in [4.69, 9.17) is 9.05 Å². The predicted octanol–water partition coefficient (Wildman–Crippen LogP) is 4.59. The van der Waals surface area contributed by atoms with Crippen LogP contribution in [0.15, 0.2) is 84.9 Å². The molecule has 0 unspecified atom stereocenters. The van der Waals surface area contributed by atoms with E-state index in [0.717, 1.165) is 11.1 Å². The zero-order chi connectivity index (χ0) is 17.7. The van der Waals surface area contributed by atoms with E-state index in [1.54, 1.807) is 24.3 Å². The van der Waals surface area contributed by atoms with E-state index < -0.39 is 13.4 Å². The van der Waals surface area contributed by atoms with Crippen molar-refractivity contribution in [2.24, 2.45) is 0 Å². The van der Waals surface area contributed by atoms with Crippen LogP contribution in [0.2, 0.25) is 0 Å². The first-order chi connectivity index (χ1) is 12.1. The van der Waals surface area contributed by atoms with Crippen molar-refractivity contribution in [2.75, 3.05) is 0 Å². The van der Waals surface area contributed by atoms with E-state index in [0.29, 0.717) is 11.5 Å². The molecule has 3 aromatic rings. The highest BCUT2D eigenvalue weighted by molar-refractivity contribution is 7.54. The van der Waals surface area contributed by atoms with E-state index in [1.807, 2.05) is 67.6 Å². The summed E-state index contributed by atoms with van der Waals surface area (Å²) in [7, 11) is -3.60. The standard InChI is InChI=1S/C20H20NO3P/c1-16-12-14-17(15-13-16)20(21)25(22,23-18-8-4-2-5-9-18)24-19-10-6-3-7-11-19/h2-15,20H,21H2,1H3/p+1/t20-/m0/s1. The quantitative estimate of drug-likeness (QED) is 0.659. The maximum Gasteiger partial charge on any atom is 0.492 e. The van der Waals surface area contributed by atoms with Gasteiger partial charge in [0.15, 0.2) is 0 Å². The van der Waals surface area contributed by atoms with Crippen LogP contribution >= 0.6 is 7.60 Å². The molecule has 128 valence electrons. The summed E-state index contributed by atoms with van der Waals surface area (Å²) < 4.78 is 25.3. The third-order valence-corrected chi connectivity index (χ3v) is 5.79. The number of quaternary nitrogens is 1. The van der Waals surface area contributed by atoms with E-state index in [2.05, 4.69) is 5.73 Å². The predicted molar refractivity (Wildman–Crippen MR) is 98.6 cm³/mol. The smallest absolute Gasteiger partial charge is 0.412 e. The molecule has 0 radical (unpaired) electrons. The molecule has 3 rings (SSSR count). The molecule has 3 N–H and O–H groups in total. The highest BCUT2D eigenvalue weighted by atomic mass is 31.2. The average molecular weight is 354 g/mol. The molecule has 0 saturated carbocycles. The molecular formula is C20H21NO3P+. The van der Waals surface area contributed by atoms with E-state index in [1.165, 1.54) is 0 Å². The zero-order valence-corrected chi connectivity index (χ0v) is 14.9. The summed E-state index contributed by atoms with van der Waals surface area (Å²) in [5, 5.41) is 0. The third-order valence-electron chi connectivity index (χ3n) is 3.80. The van der Waals surface area contributed by atoms with Gasteiger partial charge in [-0.15, -0.1) is 0 Å². The highest BCUT2D eigenvalue weighted by Crippen LogP contribution is 2.56. The van der Waals surface area contributed by atoms with Crippen molar-refractivity contribution in [2.45, 2.75) is 12.7 Å². The Balaban J connectivity index is 1.95. The second-order valence-electron chi connectivity index (χ2n) is 5.77. The molecule has 0 bridgehead atoms. The summed E-state index contributed by atoms with van der Waals surface area (Å²) in [4.78, 5) is 0. The molecule has 5 heteroatoms. The fraction of sp³-hybridized carbons (Fsp3) is 0.100. The van der Waals surface area contributed by atoms with Gasteiger partial charge < -0.3 is 14.8 Å². The molecule has 0 aliphatic rings. The van der Waals surface area contributed by atoms with Crippen LogP contribution in [0.3, 0.4) is 0 Å². The first-order valence-corrected chi connectivity index (χ1v) is 9.67. The molecule has 0 aliphatic carbocycles. The molecule has 0 saturated heterocycles. The summed E-state index contributed by atoms with van der Waals surface area (Å²) in [5.41, 5.74) is 6.02. The van der Waals surface area contributed by atoms with Gasteiger partial charge in [0.25, 0.3) is 0 Å². The van der Waals surface area contributed by atoms with Crippen LogP contribution in [0.25, 0.3) is 0 Å². The molecule has 0 aromatic heterocycles. The molecule has 0 amide bonds. The second kappa shape index (κ2) is 7.56. The molecule has 1 atom stereocenters. The number of hydrogen-bond acceptors (Lipinski definition) is 3. The van der Waals surface area contributed by atoms with E-state index >= 15 is 0 Å². The van der Waals surface area contributed by atoms with Gasteiger partial charge >= 0.3 is 7.60 Å². The van der Waals surface area contributed by atoms with Crippen LogP contribution in [0.4, 0.5) is 0 Å². The van der Waals surface area contributed by atoms with Crippen LogP contribution in [-0.4, -0.2) is 0 Å². The second-order valence-corrected chi connectivity index (χ2v) is 7.84. The number of hydrogen-bond donors (Lipinski definition) is 1. The lowest BCUT2D eigenvalue weighted by Crippen LogP contribution is -2.54. The largest absolute Gasteiger partial charge is 0.492 e. The fourth-order valence-corrected chi connectivity index (χ4v) is 4.03. The van der Waals surface area contributed by atoms with Gasteiger partial charge in [0.05, 0.1) is 0 Å². The van der Waals surface area contributed by atoms with Crippen molar-refractivity contribution in [1.82, 2.24) is 0 Å². The van der Waals surface area contributed by atoms with Crippen LogP contribution < -0.4 is 14.8 Å². The lowest BCUT2D eigenvalue weighted by Gasteiger charge is -2.23. The maximum absolute atomic E-state index is 13.6. The molecule has 4 nitrogen and oxygen atoms in total. The van der Waals surface area contributed by atoms with Gasteiger partial charge in [-0.05, 0) is 31.2 Å². The summed E-state index contributed by atoms with van der Waals surface area (Å²) in [5.74, 6) is 0.318. The number of aryl methyl sites for hydroxylation is 1. The van der Waals surface area contributed by atoms with Crippen molar-refractivity contribution in [3.63, 3.8) is 0 Å². The molecule has 0 heterocycles. The molecule has 0 fully saturated rings. The normalized spacial score (nSPS) is 12.4. The average Bonchev–Trinajstić information content (AvgIpc) is 2.63. The minimum atomic E-state index is -3.60. The Morgan fingerprint density at radius 1 is 0.760 bits per heavy atom. The molecule has 0 spiro atoms. The number of rotatable bonds is 6. The van der Waals surface area contributed by atoms with Crippen LogP contribution in [0.1, 0.15) is 16.9 Å². The van der Waals surface area contributed by atoms with Gasteiger partial charge in [0, 0.05) is 5.56 Å². The first kappa shape index (κ1) is 17.3. The summed E-state index contributed by atoms with van der Waals surface area (Å²) in [6.07, 6.45) is 0. The van der Waals surface area contributed by atoms with Crippen LogP contribution in [0, 0.1) is 6.92 Å². The zero-order valence-electron chi connectivity index (χ0n) is 14.0. The topological polar surface area (TPSA) is 63.2 Å². The van der Waals surface area contributed by atoms with Gasteiger partial charge in [0.1, 0.15) is 11.5 Å². The Morgan fingerprint density at radius 3 is 1.64 bits per heavy atom. The highest BCUT2D eigenvalue weighted by Gasteiger charge is 2.41. The van der Waals surface area contributed by atoms with Gasteiger partial charge in [0.2, 0.25) is 5.78 Å². The van der Waals surface area contributed by atoms with E-state index in [-0.39, 0.29) is 0 Å². The Bertz CT molecular complexity index is 806. The molecular weight excluding hydrogens is 333 g/mol.